The first-order valence-corrected chi connectivity index (χ1v) is 7.74. The lowest BCUT2D eigenvalue weighted by atomic mass is 9.87. The second kappa shape index (κ2) is 4.78. The zero-order chi connectivity index (χ0) is 12.7. The van der Waals surface area contributed by atoms with E-state index in [4.69, 9.17) is 4.74 Å². The van der Waals surface area contributed by atoms with Crippen LogP contribution < -0.4 is 4.74 Å². The highest BCUT2D eigenvalue weighted by molar-refractivity contribution is 5.16. The molecule has 0 amide bonds. The molecule has 1 saturated carbocycles. The van der Waals surface area contributed by atoms with Gasteiger partial charge in [0.15, 0.2) is 0 Å². The average molecular weight is 258 g/mol. The van der Waals surface area contributed by atoms with Gasteiger partial charge in [-0.15, -0.1) is 0 Å². The Kier molecular flexibility index (Phi) is 2.95. The van der Waals surface area contributed by atoms with Gasteiger partial charge in [-0.3, -0.25) is 9.88 Å². The summed E-state index contributed by atoms with van der Waals surface area (Å²) in [5.41, 5.74) is 0. The lowest BCUT2D eigenvalue weighted by molar-refractivity contribution is -0.00235. The molecule has 1 aromatic rings. The smallest absolute Gasteiger partial charge is 0.137 e. The van der Waals surface area contributed by atoms with Crippen LogP contribution in [0, 0.1) is 0 Å². The molecule has 1 aromatic heterocycles. The van der Waals surface area contributed by atoms with E-state index in [1.807, 2.05) is 18.3 Å². The number of hydrogen-bond donors (Lipinski definition) is 0. The van der Waals surface area contributed by atoms with Crippen molar-refractivity contribution < 1.29 is 4.74 Å². The van der Waals surface area contributed by atoms with Crippen molar-refractivity contribution in [2.45, 2.75) is 69.2 Å². The van der Waals surface area contributed by atoms with E-state index in [1.165, 1.54) is 44.9 Å². The van der Waals surface area contributed by atoms with Gasteiger partial charge in [-0.1, -0.05) is 6.42 Å². The number of hydrogen-bond acceptors (Lipinski definition) is 3. The quantitative estimate of drug-likeness (QED) is 0.833. The van der Waals surface area contributed by atoms with Crippen molar-refractivity contribution in [2.24, 2.45) is 0 Å². The van der Waals surface area contributed by atoms with Crippen LogP contribution in [-0.2, 0) is 0 Å². The zero-order valence-electron chi connectivity index (χ0n) is 11.4. The number of piperidine rings is 1. The molecule has 0 spiro atoms. The van der Waals surface area contributed by atoms with Crippen molar-refractivity contribution in [3.8, 4) is 5.75 Å². The van der Waals surface area contributed by atoms with Gasteiger partial charge in [0.05, 0.1) is 6.20 Å². The van der Waals surface area contributed by atoms with Gasteiger partial charge in [0, 0.05) is 24.3 Å². The molecular formula is C16H22N2O. The summed E-state index contributed by atoms with van der Waals surface area (Å²) in [5.74, 6) is 0.934. The van der Waals surface area contributed by atoms with Crippen LogP contribution in [0.2, 0.25) is 0 Å². The fourth-order valence-electron chi connectivity index (χ4n) is 4.15. The molecule has 2 bridgehead atoms. The van der Waals surface area contributed by atoms with Crippen molar-refractivity contribution >= 4 is 0 Å². The summed E-state index contributed by atoms with van der Waals surface area (Å²) in [4.78, 5) is 6.97. The Labute approximate surface area is 115 Å². The summed E-state index contributed by atoms with van der Waals surface area (Å²) < 4.78 is 6.13. The fraction of sp³-hybridized carbons (Fsp3) is 0.688. The minimum absolute atomic E-state index is 0.401. The highest BCUT2D eigenvalue weighted by Crippen LogP contribution is 2.42. The third-order valence-electron chi connectivity index (χ3n) is 5.18. The summed E-state index contributed by atoms with van der Waals surface area (Å²) in [6, 6.07) is 6.44. The van der Waals surface area contributed by atoms with Gasteiger partial charge < -0.3 is 4.74 Å². The first-order chi connectivity index (χ1) is 9.40. The fourth-order valence-corrected chi connectivity index (χ4v) is 4.15. The van der Waals surface area contributed by atoms with E-state index in [9.17, 15) is 0 Å². The monoisotopic (exact) mass is 258 g/mol. The molecule has 19 heavy (non-hydrogen) atoms. The van der Waals surface area contributed by atoms with Crippen LogP contribution in [0.5, 0.6) is 5.75 Å². The number of ether oxygens (including phenoxy) is 1. The lowest BCUT2D eigenvalue weighted by Crippen LogP contribution is -2.53. The zero-order valence-corrected chi connectivity index (χ0v) is 11.4. The first kappa shape index (κ1) is 11.7. The molecule has 1 aliphatic carbocycles. The van der Waals surface area contributed by atoms with E-state index in [0.717, 1.165) is 23.9 Å². The van der Waals surface area contributed by atoms with Crippen molar-refractivity contribution in [3.63, 3.8) is 0 Å². The molecule has 2 aliphatic heterocycles. The van der Waals surface area contributed by atoms with Gasteiger partial charge >= 0.3 is 0 Å². The summed E-state index contributed by atoms with van der Waals surface area (Å²) in [5, 5.41) is 0. The highest BCUT2D eigenvalue weighted by atomic mass is 16.5. The minimum Gasteiger partial charge on any atom is -0.489 e. The van der Waals surface area contributed by atoms with Gasteiger partial charge in [0.1, 0.15) is 11.9 Å². The first-order valence-electron chi connectivity index (χ1n) is 7.74. The van der Waals surface area contributed by atoms with E-state index in [-0.39, 0.29) is 0 Å². The molecule has 0 radical (unpaired) electrons. The third-order valence-corrected chi connectivity index (χ3v) is 5.18. The predicted molar refractivity (Wildman–Crippen MR) is 74.2 cm³/mol. The number of nitrogens with zero attached hydrogens (tertiary/aromatic N) is 2. The number of rotatable bonds is 3. The molecule has 102 valence electrons. The maximum Gasteiger partial charge on any atom is 0.137 e. The van der Waals surface area contributed by atoms with Crippen LogP contribution in [0.3, 0.4) is 0 Å². The molecule has 3 atom stereocenters. The summed E-state index contributed by atoms with van der Waals surface area (Å²) in [6.07, 6.45) is 13.5. The van der Waals surface area contributed by atoms with Crippen LogP contribution in [0.4, 0.5) is 0 Å². The van der Waals surface area contributed by atoms with Gasteiger partial charge in [0.25, 0.3) is 0 Å². The van der Waals surface area contributed by atoms with Gasteiger partial charge in [0.2, 0.25) is 0 Å². The Bertz CT molecular complexity index is 418. The Morgan fingerprint density at radius 3 is 2.42 bits per heavy atom. The molecule has 0 aromatic carbocycles. The largest absolute Gasteiger partial charge is 0.489 e. The molecule has 3 nitrogen and oxygen atoms in total. The molecule has 3 aliphatic rings. The molecule has 0 N–H and O–H groups in total. The normalized spacial score (nSPS) is 35.1. The van der Waals surface area contributed by atoms with Crippen molar-refractivity contribution in [2.75, 3.05) is 0 Å². The molecule has 3 heteroatoms. The standard InChI is InChI=1S/C16H22N2O/c1-3-12(4-1)18-13-6-7-14(18)10-16(9-13)19-15-5-2-8-17-11-15/h2,5,8,11-14,16H,1,3-4,6-7,9-10H2/t13-,14+,16?. The van der Waals surface area contributed by atoms with Gasteiger partial charge in [-0.25, -0.2) is 0 Å². The van der Waals surface area contributed by atoms with Crippen LogP contribution in [0.1, 0.15) is 44.9 Å². The highest BCUT2D eigenvalue weighted by Gasteiger charge is 2.45. The molecular weight excluding hydrogens is 236 g/mol. The summed E-state index contributed by atoms with van der Waals surface area (Å²) in [6.45, 7) is 0. The van der Waals surface area contributed by atoms with E-state index >= 15 is 0 Å². The molecule has 3 heterocycles. The van der Waals surface area contributed by atoms with Crippen LogP contribution in [0.25, 0.3) is 0 Å². The SMILES string of the molecule is c1cncc(OC2C[C@H]3CC[C@@H](C2)N3C2CCC2)c1. The van der Waals surface area contributed by atoms with Crippen molar-refractivity contribution in [1.82, 2.24) is 9.88 Å². The Balaban J connectivity index is 1.42. The van der Waals surface area contributed by atoms with E-state index in [1.54, 1.807) is 6.20 Å². The van der Waals surface area contributed by atoms with Gasteiger partial charge in [-0.05, 0) is 50.7 Å². The minimum atomic E-state index is 0.401. The molecule has 3 fully saturated rings. The van der Waals surface area contributed by atoms with E-state index < -0.39 is 0 Å². The van der Waals surface area contributed by atoms with Crippen LogP contribution in [0.15, 0.2) is 24.5 Å². The van der Waals surface area contributed by atoms with E-state index in [0.29, 0.717) is 6.10 Å². The van der Waals surface area contributed by atoms with Gasteiger partial charge in [-0.2, -0.15) is 0 Å². The molecule has 2 saturated heterocycles. The van der Waals surface area contributed by atoms with Crippen molar-refractivity contribution in [3.05, 3.63) is 24.5 Å². The van der Waals surface area contributed by atoms with Crippen molar-refractivity contribution in [1.29, 1.82) is 0 Å². The number of pyridine rings is 1. The second-order valence-electron chi connectivity index (χ2n) is 6.32. The third kappa shape index (κ3) is 2.14. The second-order valence-corrected chi connectivity index (χ2v) is 6.32. The van der Waals surface area contributed by atoms with E-state index in [2.05, 4.69) is 9.88 Å². The lowest BCUT2D eigenvalue weighted by Gasteiger charge is -2.46. The Morgan fingerprint density at radius 2 is 1.84 bits per heavy atom. The average Bonchev–Trinajstić information content (AvgIpc) is 2.62. The molecule has 1 unspecified atom stereocenters. The van der Waals surface area contributed by atoms with Crippen LogP contribution >= 0.6 is 0 Å². The number of fused-ring (bicyclic) bond motifs is 2. The Hall–Kier alpha value is -1.09. The van der Waals surface area contributed by atoms with Crippen LogP contribution in [-0.4, -0.2) is 34.1 Å². The maximum atomic E-state index is 6.13. The topological polar surface area (TPSA) is 25.4 Å². The maximum absolute atomic E-state index is 6.13. The predicted octanol–water partition coefficient (Wildman–Crippen LogP) is 3.01. The molecule has 4 rings (SSSR count). The number of aromatic nitrogens is 1. The summed E-state index contributed by atoms with van der Waals surface area (Å²) >= 11 is 0. The Morgan fingerprint density at radius 1 is 1.05 bits per heavy atom. The summed E-state index contributed by atoms with van der Waals surface area (Å²) in [7, 11) is 0.